The molecule has 0 bridgehead atoms. The third-order valence-corrected chi connectivity index (χ3v) is 6.52. The summed E-state index contributed by atoms with van der Waals surface area (Å²) in [6.45, 7) is 5.71. The van der Waals surface area contributed by atoms with Crippen molar-refractivity contribution < 1.29 is 4.79 Å². The first-order valence-corrected chi connectivity index (χ1v) is 10.8. The maximum atomic E-state index is 13.4. The van der Waals surface area contributed by atoms with Crippen LogP contribution in [0.25, 0.3) is 11.4 Å². The zero-order valence-corrected chi connectivity index (χ0v) is 19.0. The average Bonchev–Trinajstić information content (AvgIpc) is 3.36. The fraction of sp³-hybridized carbons (Fsp3) is 0.273. The summed E-state index contributed by atoms with van der Waals surface area (Å²) in [6.07, 6.45) is 1.61. The summed E-state index contributed by atoms with van der Waals surface area (Å²) in [5.41, 5.74) is 4.26. The second-order valence-electron chi connectivity index (χ2n) is 7.47. The molecule has 0 N–H and O–H groups in total. The minimum atomic E-state index is -0.125. The maximum absolute atomic E-state index is 13.4. The molecule has 0 aliphatic carbocycles. The van der Waals surface area contributed by atoms with Gasteiger partial charge in [0.15, 0.2) is 10.9 Å². The number of thioether (sulfide) groups is 1. The van der Waals surface area contributed by atoms with E-state index in [4.69, 9.17) is 0 Å². The molecule has 31 heavy (non-hydrogen) atoms. The number of carbonyl (C=O) groups excluding carboxylic acids is 1. The van der Waals surface area contributed by atoms with Crippen LogP contribution in [0, 0.1) is 20.8 Å². The fourth-order valence-electron chi connectivity index (χ4n) is 3.81. The molecule has 0 saturated carbocycles. The largest absolute Gasteiger partial charge is 0.312 e. The molecule has 4 aromatic rings. The van der Waals surface area contributed by atoms with Crippen LogP contribution in [0.5, 0.6) is 0 Å². The van der Waals surface area contributed by atoms with E-state index in [-0.39, 0.29) is 17.1 Å². The molecule has 8 nitrogen and oxygen atoms in total. The van der Waals surface area contributed by atoms with Crippen LogP contribution in [0.4, 0.5) is 0 Å². The van der Waals surface area contributed by atoms with Gasteiger partial charge in [-0.05, 0) is 39.0 Å². The molecule has 0 atom stereocenters. The molecule has 0 radical (unpaired) electrons. The normalized spacial score (nSPS) is 11.3. The van der Waals surface area contributed by atoms with E-state index >= 15 is 0 Å². The highest BCUT2D eigenvalue weighted by molar-refractivity contribution is 7.99. The van der Waals surface area contributed by atoms with Gasteiger partial charge in [-0.1, -0.05) is 30.0 Å². The van der Waals surface area contributed by atoms with Gasteiger partial charge in [0.1, 0.15) is 12.0 Å². The molecule has 0 saturated heterocycles. The van der Waals surface area contributed by atoms with Gasteiger partial charge in [0.2, 0.25) is 0 Å². The minimum Gasteiger partial charge on any atom is -0.312 e. The van der Waals surface area contributed by atoms with Gasteiger partial charge >= 0.3 is 0 Å². The van der Waals surface area contributed by atoms with Crippen molar-refractivity contribution in [2.24, 2.45) is 14.1 Å². The molecule has 3 heterocycles. The number of para-hydroxylation sites is 1. The van der Waals surface area contributed by atoms with Crippen LogP contribution in [-0.4, -0.2) is 40.2 Å². The van der Waals surface area contributed by atoms with Gasteiger partial charge in [-0.2, -0.15) is 0 Å². The predicted molar refractivity (Wildman–Crippen MR) is 121 cm³/mol. The number of Topliss-reactive ketones (excluding diaryl/α,β-unsaturated/α-hetero) is 1. The Morgan fingerprint density at radius 1 is 1.06 bits per heavy atom. The highest BCUT2D eigenvalue weighted by Gasteiger charge is 2.23. The minimum absolute atomic E-state index is 0.00989. The molecular weight excluding hydrogens is 412 g/mol. The van der Waals surface area contributed by atoms with Gasteiger partial charge in [-0.3, -0.25) is 14.3 Å². The Hall–Kier alpha value is -3.33. The van der Waals surface area contributed by atoms with Gasteiger partial charge in [-0.15, -0.1) is 10.2 Å². The summed E-state index contributed by atoms with van der Waals surface area (Å²) in [5, 5.41) is 8.54. The van der Waals surface area contributed by atoms with E-state index in [1.54, 1.807) is 15.6 Å². The zero-order chi connectivity index (χ0) is 22.3. The van der Waals surface area contributed by atoms with Crippen LogP contribution in [0.15, 0.2) is 52.7 Å². The number of hydrogen-bond acceptors (Lipinski definition) is 5. The van der Waals surface area contributed by atoms with Crippen LogP contribution >= 0.6 is 11.8 Å². The third kappa shape index (κ3) is 3.54. The Morgan fingerprint density at radius 2 is 1.77 bits per heavy atom. The molecular formula is C22H24N6O2S. The van der Waals surface area contributed by atoms with Crippen molar-refractivity contribution in [2.45, 2.75) is 25.9 Å². The van der Waals surface area contributed by atoms with Crippen LogP contribution in [0.1, 0.15) is 27.4 Å². The number of carbonyl (C=O) groups is 1. The molecule has 160 valence electrons. The Kier molecular flexibility index (Phi) is 5.45. The number of benzene rings is 1. The number of hydrogen-bond donors (Lipinski definition) is 0. The lowest BCUT2D eigenvalue weighted by atomic mass is 10.2. The van der Waals surface area contributed by atoms with Gasteiger partial charge in [-0.25, -0.2) is 4.68 Å². The van der Waals surface area contributed by atoms with Crippen molar-refractivity contribution in [3.63, 3.8) is 0 Å². The third-order valence-electron chi connectivity index (χ3n) is 5.48. The van der Waals surface area contributed by atoms with Crippen LogP contribution in [-0.2, 0) is 14.1 Å². The molecule has 9 heteroatoms. The van der Waals surface area contributed by atoms with Crippen molar-refractivity contribution in [3.05, 3.63) is 75.7 Å². The number of ketones is 1. The highest BCUT2D eigenvalue weighted by atomic mass is 32.2. The molecule has 0 aliphatic heterocycles. The first kappa shape index (κ1) is 20.9. The lowest BCUT2D eigenvalue weighted by molar-refractivity contribution is 0.102. The second-order valence-corrected chi connectivity index (χ2v) is 8.41. The number of aromatic nitrogens is 6. The molecule has 0 unspecified atom stereocenters. The number of rotatable bonds is 6. The quantitative estimate of drug-likeness (QED) is 0.343. The summed E-state index contributed by atoms with van der Waals surface area (Å²) in [5.74, 6) is 0.239. The molecule has 0 amide bonds. The first-order chi connectivity index (χ1) is 14.8. The lowest BCUT2D eigenvalue weighted by Crippen LogP contribution is -2.22. The summed E-state index contributed by atoms with van der Waals surface area (Å²) in [7, 11) is 3.71. The van der Waals surface area contributed by atoms with E-state index in [1.165, 1.54) is 11.8 Å². The first-order valence-electron chi connectivity index (χ1n) is 9.84. The van der Waals surface area contributed by atoms with Crippen LogP contribution < -0.4 is 5.56 Å². The Labute approximate surface area is 184 Å². The van der Waals surface area contributed by atoms with Crippen molar-refractivity contribution in [1.29, 1.82) is 0 Å². The summed E-state index contributed by atoms with van der Waals surface area (Å²) >= 11 is 1.35. The van der Waals surface area contributed by atoms with Crippen LogP contribution in [0.3, 0.4) is 0 Å². The number of nitrogens with zero attached hydrogens (tertiary/aromatic N) is 6. The van der Waals surface area contributed by atoms with Gasteiger partial charge in [0, 0.05) is 31.0 Å². The molecule has 1 aromatic carbocycles. The summed E-state index contributed by atoms with van der Waals surface area (Å²) < 4.78 is 7.16. The van der Waals surface area contributed by atoms with Crippen molar-refractivity contribution in [1.82, 2.24) is 28.7 Å². The summed E-state index contributed by atoms with van der Waals surface area (Å²) in [4.78, 5) is 26.4. The smallest absolute Gasteiger partial charge is 0.295 e. The second kappa shape index (κ2) is 8.07. The number of aryl methyl sites for hydroxylation is 2. The Bertz CT molecular complexity index is 1330. The van der Waals surface area contributed by atoms with E-state index in [2.05, 4.69) is 10.2 Å². The standard InChI is InChI=1S/C22H24N6O2S/c1-14-11-18(19(29)12-31-22-24-23-13-25(22)4)15(2)27(14)20-16(3)26(5)28(21(20)30)17-9-7-6-8-10-17/h6-11,13H,12H2,1-5H3. The molecule has 4 rings (SSSR count). The molecule has 0 spiro atoms. The topological polar surface area (TPSA) is 79.6 Å². The SMILES string of the molecule is Cc1cc(C(=O)CSc2nncn2C)c(C)n1-c1c(C)n(C)n(-c2ccccc2)c1=O. The Morgan fingerprint density at radius 3 is 2.42 bits per heavy atom. The average molecular weight is 437 g/mol. The van der Waals surface area contributed by atoms with E-state index in [9.17, 15) is 9.59 Å². The van der Waals surface area contributed by atoms with E-state index in [0.717, 1.165) is 22.8 Å². The van der Waals surface area contributed by atoms with Crippen molar-refractivity contribution in [3.8, 4) is 11.4 Å². The lowest BCUT2D eigenvalue weighted by Gasteiger charge is -2.08. The predicted octanol–water partition coefficient (Wildman–Crippen LogP) is 3.00. The zero-order valence-electron chi connectivity index (χ0n) is 18.2. The fourth-order valence-corrected chi connectivity index (χ4v) is 4.58. The molecule has 0 fully saturated rings. The Balaban J connectivity index is 1.74. The molecule has 0 aliphatic rings. The highest BCUT2D eigenvalue weighted by Crippen LogP contribution is 2.24. The van der Waals surface area contributed by atoms with Gasteiger partial charge in [0.25, 0.3) is 5.56 Å². The van der Waals surface area contributed by atoms with E-state index < -0.39 is 0 Å². The van der Waals surface area contributed by atoms with Crippen molar-refractivity contribution in [2.75, 3.05) is 5.75 Å². The van der Waals surface area contributed by atoms with E-state index in [1.807, 2.05) is 80.5 Å². The van der Waals surface area contributed by atoms with Gasteiger partial charge in [0.05, 0.1) is 17.1 Å². The van der Waals surface area contributed by atoms with E-state index in [0.29, 0.717) is 16.4 Å². The summed E-state index contributed by atoms with van der Waals surface area (Å²) in [6, 6.07) is 11.4. The maximum Gasteiger partial charge on any atom is 0.295 e. The van der Waals surface area contributed by atoms with Crippen LogP contribution in [0.2, 0.25) is 0 Å². The molecule has 3 aromatic heterocycles. The van der Waals surface area contributed by atoms with Crippen molar-refractivity contribution >= 4 is 17.5 Å². The van der Waals surface area contributed by atoms with Gasteiger partial charge < -0.3 is 9.13 Å². The monoisotopic (exact) mass is 436 g/mol.